The molecule has 1 heterocycles. The molecule has 0 aliphatic carbocycles. The molecule has 1 amide bonds. The molecule has 1 saturated heterocycles. The molecule has 2 rings (SSSR count). The molecule has 0 saturated carbocycles. The second-order valence-electron chi connectivity index (χ2n) is 6.47. The van der Waals surface area contributed by atoms with Crippen molar-refractivity contribution in [3.63, 3.8) is 0 Å². The minimum Gasteiger partial charge on any atom is -0.381 e. The molecular formula is C19H30N4O2. The summed E-state index contributed by atoms with van der Waals surface area (Å²) in [6, 6.07) is 7.70. The molecule has 1 fully saturated rings. The summed E-state index contributed by atoms with van der Waals surface area (Å²) < 4.78 is 5.44. The highest BCUT2D eigenvalue weighted by molar-refractivity contribution is 5.94. The van der Waals surface area contributed by atoms with Crippen LogP contribution in [0.25, 0.3) is 0 Å². The molecule has 1 aromatic carbocycles. The lowest BCUT2D eigenvalue weighted by Crippen LogP contribution is -2.41. The molecule has 1 aromatic rings. The Balaban J connectivity index is 1.89. The Morgan fingerprint density at radius 1 is 1.40 bits per heavy atom. The highest BCUT2D eigenvalue weighted by Gasteiger charge is 2.19. The van der Waals surface area contributed by atoms with Gasteiger partial charge in [0.15, 0.2) is 5.96 Å². The number of benzene rings is 1. The number of nitrogens with zero attached hydrogens (tertiary/aromatic N) is 2. The number of guanidine groups is 1. The average Bonchev–Trinajstić information content (AvgIpc) is 3.13. The Bertz CT molecular complexity index is 583. The second-order valence-corrected chi connectivity index (χ2v) is 6.47. The first-order valence-electron chi connectivity index (χ1n) is 9.00. The number of nitrogens with one attached hydrogen (secondary N) is 2. The fourth-order valence-electron chi connectivity index (χ4n) is 2.93. The zero-order chi connectivity index (χ0) is 18.1. The van der Waals surface area contributed by atoms with Crippen molar-refractivity contribution in [2.24, 2.45) is 10.9 Å². The Morgan fingerprint density at radius 3 is 2.92 bits per heavy atom. The van der Waals surface area contributed by atoms with Crippen LogP contribution >= 0.6 is 0 Å². The monoisotopic (exact) mass is 346 g/mol. The van der Waals surface area contributed by atoms with Gasteiger partial charge in [0.25, 0.3) is 5.91 Å². The van der Waals surface area contributed by atoms with Gasteiger partial charge in [-0.05, 0) is 30.5 Å². The first-order valence-corrected chi connectivity index (χ1v) is 9.00. The summed E-state index contributed by atoms with van der Waals surface area (Å²) in [5, 5.41) is 6.28. The molecular weight excluding hydrogens is 316 g/mol. The number of carbonyl (C=O) groups excluding carboxylic acids is 1. The van der Waals surface area contributed by atoms with Crippen LogP contribution in [0.3, 0.4) is 0 Å². The molecule has 0 bridgehead atoms. The predicted octanol–water partition coefficient (Wildman–Crippen LogP) is 1.87. The van der Waals surface area contributed by atoms with Crippen LogP contribution < -0.4 is 10.6 Å². The summed E-state index contributed by atoms with van der Waals surface area (Å²) in [4.78, 5) is 18.6. The van der Waals surface area contributed by atoms with Gasteiger partial charge in [-0.3, -0.25) is 9.79 Å². The highest BCUT2D eigenvalue weighted by atomic mass is 16.5. The van der Waals surface area contributed by atoms with Gasteiger partial charge in [-0.1, -0.05) is 19.1 Å². The van der Waals surface area contributed by atoms with Crippen molar-refractivity contribution in [1.29, 1.82) is 0 Å². The minimum absolute atomic E-state index is 0.0218. The lowest BCUT2D eigenvalue weighted by molar-refractivity contribution is 0.0953. The first-order chi connectivity index (χ1) is 12.1. The van der Waals surface area contributed by atoms with E-state index >= 15 is 0 Å². The molecule has 0 radical (unpaired) electrons. The molecule has 1 unspecified atom stereocenters. The zero-order valence-corrected chi connectivity index (χ0v) is 15.5. The van der Waals surface area contributed by atoms with Crippen molar-refractivity contribution in [2.75, 3.05) is 40.4 Å². The zero-order valence-electron chi connectivity index (χ0n) is 15.5. The molecule has 0 aromatic heterocycles. The van der Waals surface area contributed by atoms with Crippen molar-refractivity contribution in [3.05, 3.63) is 35.4 Å². The molecule has 2 N–H and O–H groups in total. The summed E-state index contributed by atoms with van der Waals surface area (Å²) >= 11 is 0. The number of ether oxygens (including phenoxy) is 1. The molecule has 1 aliphatic heterocycles. The maximum Gasteiger partial charge on any atom is 0.251 e. The van der Waals surface area contributed by atoms with Gasteiger partial charge >= 0.3 is 0 Å². The third-order valence-electron chi connectivity index (χ3n) is 4.30. The molecule has 25 heavy (non-hydrogen) atoms. The summed E-state index contributed by atoms with van der Waals surface area (Å²) in [6.45, 7) is 5.99. The molecule has 138 valence electrons. The molecule has 1 atom stereocenters. The second kappa shape index (κ2) is 10.0. The van der Waals surface area contributed by atoms with E-state index in [1.54, 1.807) is 7.05 Å². The Labute approximate surface area is 150 Å². The van der Waals surface area contributed by atoms with Crippen LogP contribution in [0.2, 0.25) is 0 Å². The van der Waals surface area contributed by atoms with E-state index in [-0.39, 0.29) is 5.91 Å². The van der Waals surface area contributed by atoms with E-state index in [4.69, 9.17) is 4.74 Å². The van der Waals surface area contributed by atoms with Crippen molar-refractivity contribution >= 4 is 11.9 Å². The van der Waals surface area contributed by atoms with E-state index < -0.39 is 0 Å². The van der Waals surface area contributed by atoms with Crippen LogP contribution in [0, 0.1) is 5.92 Å². The fraction of sp³-hybridized carbons (Fsp3) is 0.579. The molecule has 0 spiro atoms. The largest absolute Gasteiger partial charge is 0.381 e. The van der Waals surface area contributed by atoms with E-state index in [1.807, 2.05) is 38.2 Å². The van der Waals surface area contributed by atoms with Gasteiger partial charge in [0.1, 0.15) is 0 Å². The van der Waals surface area contributed by atoms with Gasteiger partial charge in [-0.2, -0.15) is 0 Å². The van der Waals surface area contributed by atoms with Gasteiger partial charge in [0.05, 0.1) is 6.61 Å². The van der Waals surface area contributed by atoms with Gasteiger partial charge in [-0.25, -0.2) is 0 Å². The SMILES string of the molecule is CCCNC(=O)c1cccc(CNC(=NC)N(C)CC2CCOC2)c1. The van der Waals surface area contributed by atoms with Gasteiger partial charge in [0.2, 0.25) is 0 Å². The third kappa shape index (κ3) is 6.05. The maximum atomic E-state index is 12.1. The van der Waals surface area contributed by atoms with Gasteiger partial charge in [0, 0.05) is 51.8 Å². The van der Waals surface area contributed by atoms with Crippen LogP contribution in [0.4, 0.5) is 0 Å². The van der Waals surface area contributed by atoms with Crippen LogP contribution in [0.15, 0.2) is 29.3 Å². The summed E-state index contributed by atoms with van der Waals surface area (Å²) in [6.07, 6.45) is 2.04. The average molecular weight is 346 g/mol. The highest BCUT2D eigenvalue weighted by Crippen LogP contribution is 2.13. The number of carbonyl (C=O) groups is 1. The molecule has 6 heteroatoms. The maximum absolute atomic E-state index is 12.1. The van der Waals surface area contributed by atoms with Crippen LogP contribution in [0.1, 0.15) is 35.7 Å². The standard InChI is InChI=1S/C19H30N4O2/c1-4-9-21-18(24)17-7-5-6-15(11-17)12-22-19(20-2)23(3)13-16-8-10-25-14-16/h5-7,11,16H,4,8-10,12-14H2,1-3H3,(H,20,22)(H,21,24). The Morgan fingerprint density at radius 2 is 2.24 bits per heavy atom. The molecule has 1 aliphatic rings. The van der Waals surface area contributed by atoms with Crippen LogP contribution in [-0.2, 0) is 11.3 Å². The van der Waals surface area contributed by atoms with E-state index in [0.29, 0.717) is 24.6 Å². The van der Waals surface area contributed by atoms with Gasteiger partial charge < -0.3 is 20.3 Å². The normalized spacial score (nSPS) is 17.4. The first kappa shape index (κ1) is 19.2. The number of hydrogen-bond donors (Lipinski definition) is 2. The Kier molecular flexibility index (Phi) is 7.73. The summed E-state index contributed by atoms with van der Waals surface area (Å²) in [7, 11) is 3.83. The van der Waals surface area contributed by atoms with Crippen LogP contribution in [0.5, 0.6) is 0 Å². The van der Waals surface area contributed by atoms with E-state index in [0.717, 1.165) is 44.1 Å². The number of amides is 1. The van der Waals surface area contributed by atoms with E-state index in [2.05, 4.69) is 20.5 Å². The van der Waals surface area contributed by atoms with Crippen molar-refractivity contribution in [3.8, 4) is 0 Å². The lowest BCUT2D eigenvalue weighted by atomic mass is 10.1. The smallest absolute Gasteiger partial charge is 0.251 e. The minimum atomic E-state index is -0.0218. The third-order valence-corrected chi connectivity index (χ3v) is 4.30. The number of aliphatic imine (C=N–C) groups is 1. The molecule has 6 nitrogen and oxygen atoms in total. The van der Waals surface area contributed by atoms with Crippen molar-refractivity contribution in [2.45, 2.75) is 26.3 Å². The van der Waals surface area contributed by atoms with Crippen molar-refractivity contribution < 1.29 is 9.53 Å². The number of hydrogen-bond acceptors (Lipinski definition) is 3. The quantitative estimate of drug-likeness (QED) is 0.584. The summed E-state index contributed by atoms with van der Waals surface area (Å²) in [5.74, 6) is 1.40. The lowest BCUT2D eigenvalue weighted by Gasteiger charge is -2.24. The fourth-order valence-corrected chi connectivity index (χ4v) is 2.93. The van der Waals surface area contributed by atoms with E-state index in [9.17, 15) is 4.79 Å². The predicted molar refractivity (Wildman–Crippen MR) is 101 cm³/mol. The van der Waals surface area contributed by atoms with Crippen molar-refractivity contribution in [1.82, 2.24) is 15.5 Å². The van der Waals surface area contributed by atoms with Gasteiger partial charge in [-0.15, -0.1) is 0 Å². The topological polar surface area (TPSA) is 66.0 Å². The number of rotatable bonds is 7. The van der Waals surface area contributed by atoms with E-state index in [1.165, 1.54) is 0 Å². The summed E-state index contributed by atoms with van der Waals surface area (Å²) in [5.41, 5.74) is 1.75. The van der Waals surface area contributed by atoms with Crippen LogP contribution in [-0.4, -0.2) is 57.2 Å². The Hall–Kier alpha value is -2.08.